The smallest absolute Gasteiger partial charge is 0.251 e. The maximum absolute atomic E-state index is 13.0. The summed E-state index contributed by atoms with van der Waals surface area (Å²) in [6, 6.07) is 20.5. The van der Waals surface area contributed by atoms with E-state index in [1.54, 1.807) is 6.07 Å². The first kappa shape index (κ1) is 29.2. The molecule has 7 heteroatoms. The van der Waals surface area contributed by atoms with Gasteiger partial charge in [-0.05, 0) is 121 Å². The van der Waals surface area contributed by atoms with Crippen molar-refractivity contribution in [3.05, 3.63) is 98.5 Å². The van der Waals surface area contributed by atoms with Gasteiger partial charge in [-0.25, -0.2) is 0 Å². The maximum Gasteiger partial charge on any atom is 0.251 e. The number of hydrogen-bond acceptors (Lipinski definition) is 3. The van der Waals surface area contributed by atoms with Crippen LogP contribution in [0.2, 0.25) is 10.0 Å². The molecule has 1 unspecified atom stereocenters. The zero-order chi connectivity index (χ0) is 29.1. The highest BCUT2D eigenvalue weighted by Gasteiger charge is 2.26. The Morgan fingerprint density at radius 1 is 0.952 bits per heavy atom. The van der Waals surface area contributed by atoms with Gasteiger partial charge in [-0.1, -0.05) is 47.5 Å². The third kappa shape index (κ3) is 6.54. The summed E-state index contributed by atoms with van der Waals surface area (Å²) in [5, 5.41) is 4.42. The van der Waals surface area contributed by atoms with Crippen LogP contribution in [0.4, 0.5) is 4.39 Å². The molecule has 6 rings (SSSR count). The van der Waals surface area contributed by atoms with Crippen molar-refractivity contribution in [3.63, 3.8) is 0 Å². The van der Waals surface area contributed by atoms with Crippen molar-refractivity contribution >= 4 is 40.3 Å². The molecule has 3 aromatic rings. The molecule has 2 aliphatic carbocycles. The minimum absolute atomic E-state index is 0.00919. The van der Waals surface area contributed by atoms with Gasteiger partial charge in [0.15, 0.2) is 0 Å². The molecule has 1 amide bonds. The van der Waals surface area contributed by atoms with Gasteiger partial charge in [0.2, 0.25) is 0 Å². The summed E-state index contributed by atoms with van der Waals surface area (Å²) in [7, 11) is 0. The van der Waals surface area contributed by atoms with Gasteiger partial charge < -0.3 is 10.1 Å². The summed E-state index contributed by atoms with van der Waals surface area (Å²) in [5.74, 6) is 0.842. The lowest BCUT2D eigenvalue weighted by atomic mass is 9.87. The number of aryl methyl sites for hydroxylation is 1. The van der Waals surface area contributed by atoms with Gasteiger partial charge in [0, 0.05) is 41.3 Å². The van der Waals surface area contributed by atoms with Gasteiger partial charge in [-0.2, -0.15) is 0 Å². The molecule has 1 saturated heterocycles. The average molecular weight is 608 g/mol. The van der Waals surface area contributed by atoms with Crippen molar-refractivity contribution in [2.45, 2.75) is 63.5 Å². The average Bonchev–Trinajstić information content (AvgIpc) is 3.32. The van der Waals surface area contributed by atoms with Gasteiger partial charge in [-0.15, -0.1) is 0 Å². The maximum atomic E-state index is 13.0. The topological polar surface area (TPSA) is 41.6 Å². The molecule has 0 bridgehead atoms. The van der Waals surface area contributed by atoms with Gasteiger partial charge in [0.25, 0.3) is 5.91 Å². The van der Waals surface area contributed by atoms with Gasteiger partial charge >= 0.3 is 0 Å². The lowest BCUT2D eigenvalue weighted by Crippen LogP contribution is -2.39. The second-order valence-electron chi connectivity index (χ2n) is 11.7. The molecular weight excluding hydrogens is 570 g/mol. The molecular formula is C35H37Cl2FN2O2. The van der Waals surface area contributed by atoms with Crippen LogP contribution in [0, 0.1) is 0 Å². The number of fused-ring (bicyclic) bond motifs is 1. The van der Waals surface area contributed by atoms with Crippen LogP contribution in [0.25, 0.3) is 11.1 Å². The molecule has 2 fully saturated rings. The number of nitrogens with zero attached hydrogens (tertiary/aromatic N) is 1. The third-order valence-corrected chi connectivity index (χ3v) is 9.34. The first-order valence-corrected chi connectivity index (χ1v) is 15.9. The molecule has 42 heavy (non-hydrogen) atoms. The van der Waals surface area contributed by atoms with E-state index in [4.69, 9.17) is 27.9 Å². The highest BCUT2D eigenvalue weighted by Crippen LogP contribution is 2.43. The van der Waals surface area contributed by atoms with Crippen LogP contribution in [0.1, 0.15) is 77.6 Å². The standard InChI is InChI=1S/C35H37Cl2FN2O2/c36-26-11-15-31(33(37)21-26)32-7-1-4-24-20-25(35(41)39-27-5-2-6-27)10-14-30(24)34(32)23-8-12-28(13-9-23)42-29-16-19-40(22-29)18-3-17-38/h8-15,20-21,27,29H,1-7,16-19,22H2,(H,39,41). The molecule has 3 aromatic carbocycles. The van der Waals surface area contributed by atoms with Crippen LogP contribution < -0.4 is 10.1 Å². The number of alkyl halides is 1. The Balaban J connectivity index is 1.33. The Hall–Kier alpha value is -2.86. The number of likely N-dealkylation sites (tertiary alicyclic amines) is 1. The van der Waals surface area contributed by atoms with Crippen LogP contribution in [0.5, 0.6) is 5.75 Å². The summed E-state index contributed by atoms with van der Waals surface area (Å²) in [6.07, 6.45) is 7.61. The minimum Gasteiger partial charge on any atom is -0.489 e. The molecule has 0 aromatic heterocycles. The van der Waals surface area contributed by atoms with Crippen LogP contribution in [0.3, 0.4) is 0 Å². The van der Waals surface area contributed by atoms with Crippen molar-refractivity contribution < 1.29 is 13.9 Å². The summed E-state index contributed by atoms with van der Waals surface area (Å²) in [5.41, 5.74) is 7.38. The lowest BCUT2D eigenvalue weighted by molar-refractivity contribution is 0.0917. The largest absolute Gasteiger partial charge is 0.489 e. The van der Waals surface area contributed by atoms with Gasteiger partial charge in [-0.3, -0.25) is 14.1 Å². The molecule has 1 saturated carbocycles. The van der Waals surface area contributed by atoms with E-state index in [1.165, 1.54) is 17.6 Å². The molecule has 1 N–H and O–H groups in total. The summed E-state index contributed by atoms with van der Waals surface area (Å²) in [6.45, 7) is 2.28. The quantitative estimate of drug-likeness (QED) is 0.266. The van der Waals surface area contributed by atoms with Crippen molar-refractivity contribution in [2.24, 2.45) is 0 Å². The molecule has 1 aliphatic heterocycles. The predicted molar refractivity (Wildman–Crippen MR) is 169 cm³/mol. The predicted octanol–water partition coefficient (Wildman–Crippen LogP) is 8.38. The SMILES string of the molecule is O=C(NC1CCC1)c1ccc2c(c1)CCCC(c1ccc(Cl)cc1Cl)=C2c1ccc(OC2CCN(CCCF)C2)cc1. The van der Waals surface area contributed by atoms with E-state index < -0.39 is 0 Å². The Morgan fingerprint density at radius 3 is 2.50 bits per heavy atom. The van der Waals surface area contributed by atoms with E-state index in [2.05, 4.69) is 34.5 Å². The normalized spacial score (nSPS) is 19.3. The highest BCUT2D eigenvalue weighted by atomic mass is 35.5. The molecule has 3 aliphatic rings. The third-order valence-electron chi connectivity index (χ3n) is 8.79. The van der Waals surface area contributed by atoms with E-state index in [1.807, 2.05) is 30.3 Å². The van der Waals surface area contributed by atoms with Gasteiger partial charge in [0.1, 0.15) is 11.9 Å². The molecule has 0 radical (unpaired) electrons. The zero-order valence-corrected chi connectivity index (χ0v) is 25.3. The molecule has 220 valence electrons. The van der Waals surface area contributed by atoms with Crippen LogP contribution in [-0.2, 0) is 6.42 Å². The second-order valence-corrected chi connectivity index (χ2v) is 12.5. The fourth-order valence-corrected chi connectivity index (χ4v) is 6.88. The van der Waals surface area contributed by atoms with E-state index in [9.17, 15) is 9.18 Å². The minimum atomic E-state index is -0.277. The number of carbonyl (C=O) groups is 1. The van der Waals surface area contributed by atoms with Crippen molar-refractivity contribution in [2.75, 3.05) is 26.3 Å². The number of carbonyl (C=O) groups excluding carboxylic acids is 1. The van der Waals surface area contributed by atoms with E-state index in [-0.39, 0.29) is 18.7 Å². The Labute approximate surface area is 257 Å². The van der Waals surface area contributed by atoms with Gasteiger partial charge in [0.05, 0.1) is 6.67 Å². The number of amides is 1. The Kier molecular flexibility index (Phi) is 9.18. The number of hydrogen-bond donors (Lipinski definition) is 1. The van der Waals surface area contributed by atoms with Crippen LogP contribution in [-0.4, -0.2) is 49.3 Å². The fourth-order valence-electron chi connectivity index (χ4n) is 6.36. The number of ether oxygens (including phenoxy) is 1. The summed E-state index contributed by atoms with van der Waals surface area (Å²) >= 11 is 13.0. The molecule has 1 heterocycles. The van der Waals surface area contributed by atoms with Crippen LogP contribution >= 0.6 is 23.2 Å². The first-order valence-electron chi connectivity index (χ1n) is 15.2. The Morgan fingerprint density at radius 2 is 1.76 bits per heavy atom. The zero-order valence-electron chi connectivity index (χ0n) is 23.8. The van der Waals surface area contributed by atoms with E-state index in [0.717, 1.165) is 86.2 Å². The molecule has 0 spiro atoms. The summed E-state index contributed by atoms with van der Waals surface area (Å²) in [4.78, 5) is 15.3. The summed E-state index contributed by atoms with van der Waals surface area (Å²) < 4.78 is 18.9. The lowest BCUT2D eigenvalue weighted by Gasteiger charge is -2.26. The van der Waals surface area contributed by atoms with E-state index in [0.29, 0.717) is 28.1 Å². The van der Waals surface area contributed by atoms with E-state index >= 15 is 0 Å². The fraction of sp³-hybridized carbons (Fsp3) is 0.400. The number of allylic oxidation sites excluding steroid dienone is 1. The number of nitrogens with one attached hydrogen (secondary N) is 1. The van der Waals surface area contributed by atoms with Crippen molar-refractivity contribution in [3.8, 4) is 5.75 Å². The number of rotatable bonds is 9. The number of halogens is 3. The molecule has 1 atom stereocenters. The monoisotopic (exact) mass is 606 g/mol. The van der Waals surface area contributed by atoms with Crippen LogP contribution in [0.15, 0.2) is 60.7 Å². The van der Waals surface area contributed by atoms with Crippen molar-refractivity contribution in [1.29, 1.82) is 0 Å². The molecule has 4 nitrogen and oxygen atoms in total. The first-order chi connectivity index (χ1) is 20.5. The van der Waals surface area contributed by atoms with Crippen molar-refractivity contribution in [1.82, 2.24) is 10.2 Å². The highest BCUT2D eigenvalue weighted by molar-refractivity contribution is 6.36. The second kappa shape index (κ2) is 13.2. The number of benzene rings is 3. The Bertz CT molecular complexity index is 1470.